The van der Waals surface area contributed by atoms with E-state index in [-0.39, 0.29) is 57.1 Å². The van der Waals surface area contributed by atoms with Crippen LogP contribution in [0.3, 0.4) is 0 Å². The van der Waals surface area contributed by atoms with Crippen LogP contribution in [0, 0.1) is 0 Å². The fourth-order valence-electron chi connectivity index (χ4n) is 6.99. The van der Waals surface area contributed by atoms with Crippen molar-refractivity contribution >= 4 is 0 Å². The highest BCUT2D eigenvalue weighted by Crippen LogP contribution is 2.53. The second-order valence-corrected chi connectivity index (χ2v) is 14.9. The van der Waals surface area contributed by atoms with E-state index in [2.05, 4.69) is 0 Å². The lowest BCUT2D eigenvalue weighted by Crippen LogP contribution is -1.92. The predicted molar refractivity (Wildman–Crippen MR) is 238 cm³/mol. The lowest BCUT2D eigenvalue weighted by molar-refractivity contribution is 0.351. The van der Waals surface area contributed by atoms with Gasteiger partial charge in [0.05, 0.1) is 16.7 Å². The summed E-state index contributed by atoms with van der Waals surface area (Å²) in [7, 11) is 0. The molecule has 22 nitrogen and oxygen atoms in total. The van der Waals surface area contributed by atoms with Gasteiger partial charge in [-0.25, -0.2) is 0 Å². The van der Waals surface area contributed by atoms with Crippen molar-refractivity contribution in [3.63, 3.8) is 0 Å². The van der Waals surface area contributed by atoms with Gasteiger partial charge in [-0.1, -0.05) is 0 Å². The smallest absolute Gasteiger partial charge is 0.210 e. The van der Waals surface area contributed by atoms with E-state index in [1.807, 2.05) is 0 Å². The topological polar surface area (TPSA) is 390 Å². The number of hydrogen-bond donors (Lipinski definition) is 17. The molecule has 8 aromatic rings. The third-order valence-corrected chi connectivity index (χ3v) is 9.87. The van der Waals surface area contributed by atoms with Crippen LogP contribution in [-0.4, -0.2) is 86.8 Å². The summed E-state index contributed by atoms with van der Waals surface area (Å²) >= 11 is 0. The fraction of sp³-hybridized carbons (Fsp3) is 0. The number of phenols is 17. The van der Waals surface area contributed by atoms with Crippen LogP contribution in [0.1, 0.15) is 0 Å². The third kappa shape index (κ3) is 9.12. The number of hydrogen-bond acceptors (Lipinski definition) is 22. The number of rotatable bonds is 12. The highest BCUT2D eigenvalue weighted by Gasteiger charge is 2.25. The molecule has 8 aromatic carbocycles. The van der Waals surface area contributed by atoms with Crippen LogP contribution in [0.15, 0.2) is 103 Å². The maximum absolute atomic E-state index is 10.8. The molecule has 0 amide bonds. The predicted octanol–water partition coefficient (Wildman–Crippen LogP) is 8.98. The average Bonchev–Trinajstić information content (AvgIpc) is 3.23. The Morgan fingerprint density at radius 1 is 0.186 bits per heavy atom. The van der Waals surface area contributed by atoms with Gasteiger partial charge < -0.3 is 110 Å². The van der Waals surface area contributed by atoms with Gasteiger partial charge in [-0.3, -0.25) is 0 Å². The summed E-state index contributed by atoms with van der Waals surface area (Å²) in [6.45, 7) is 0. The SMILES string of the molecule is Oc1cc(O)cc(-c2c(O)cc(Oc3c(O)cc(Oc4c(O)cc(Oc5cc(O)c(Oc6cc(O)c(Oc7cc(O)c(-c8c(O)cc(O)cc8O)c(O)c7)c(O)c6)c(O)c5)cc4O)cc3O)cc2O)c1. The summed E-state index contributed by atoms with van der Waals surface area (Å²) in [4.78, 5) is 0. The van der Waals surface area contributed by atoms with Gasteiger partial charge in [0.2, 0.25) is 23.0 Å². The number of phenolic OH excluding ortho intramolecular Hbond substituents is 17. The molecule has 0 aromatic heterocycles. The van der Waals surface area contributed by atoms with Crippen molar-refractivity contribution in [2.75, 3.05) is 0 Å². The molecule has 22 heteroatoms. The van der Waals surface area contributed by atoms with Gasteiger partial charge in [-0.15, -0.1) is 0 Å². The Kier molecular flexibility index (Phi) is 11.6. The minimum absolute atomic E-state index is 0.0498. The van der Waals surface area contributed by atoms with Crippen LogP contribution >= 0.6 is 0 Å². The lowest BCUT2D eigenvalue weighted by atomic mass is 10.0. The maximum Gasteiger partial charge on any atom is 0.210 e. The molecular weight excluding hydrogens is 929 g/mol. The molecule has 0 aliphatic heterocycles. The molecule has 0 heterocycles. The van der Waals surface area contributed by atoms with E-state index >= 15 is 0 Å². The van der Waals surface area contributed by atoms with Gasteiger partial charge in [0.1, 0.15) is 86.2 Å². The Morgan fingerprint density at radius 3 is 0.657 bits per heavy atom. The Balaban J connectivity index is 0.937. The van der Waals surface area contributed by atoms with Crippen molar-refractivity contribution in [2.24, 2.45) is 0 Å². The zero-order valence-electron chi connectivity index (χ0n) is 35.0. The van der Waals surface area contributed by atoms with E-state index in [0.29, 0.717) is 0 Å². The van der Waals surface area contributed by atoms with Gasteiger partial charge in [-0.05, 0) is 17.7 Å². The van der Waals surface area contributed by atoms with Crippen molar-refractivity contribution in [1.29, 1.82) is 0 Å². The highest BCUT2D eigenvalue weighted by molar-refractivity contribution is 5.86. The first-order valence-electron chi connectivity index (χ1n) is 19.7. The molecule has 0 fully saturated rings. The van der Waals surface area contributed by atoms with E-state index in [1.165, 1.54) is 12.1 Å². The number of benzene rings is 8. The van der Waals surface area contributed by atoms with E-state index in [4.69, 9.17) is 23.7 Å². The van der Waals surface area contributed by atoms with Crippen molar-refractivity contribution in [3.05, 3.63) is 103 Å². The largest absolute Gasteiger partial charge is 0.508 e. The normalized spacial score (nSPS) is 11.0. The van der Waals surface area contributed by atoms with Crippen LogP contribution in [0.25, 0.3) is 22.3 Å². The minimum atomic E-state index is -0.782. The van der Waals surface area contributed by atoms with Gasteiger partial charge >= 0.3 is 0 Å². The van der Waals surface area contributed by atoms with E-state index in [1.54, 1.807) is 0 Å². The van der Waals surface area contributed by atoms with Crippen LogP contribution in [0.2, 0.25) is 0 Å². The summed E-state index contributed by atoms with van der Waals surface area (Å²) < 4.78 is 27.5. The Bertz CT molecular complexity index is 3220. The molecule has 0 unspecified atom stereocenters. The van der Waals surface area contributed by atoms with E-state index < -0.39 is 120 Å². The maximum atomic E-state index is 10.8. The summed E-state index contributed by atoms with van der Waals surface area (Å²) in [6, 6.07) is 16.3. The zero-order chi connectivity index (χ0) is 50.5. The molecule has 0 radical (unpaired) electrons. The van der Waals surface area contributed by atoms with Gasteiger partial charge in [0, 0.05) is 91.0 Å². The fourth-order valence-corrected chi connectivity index (χ4v) is 6.99. The quantitative estimate of drug-likeness (QED) is 0.0542. The van der Waals surface area contributed by atoms with Gasteiger partial charge in [-0.2, -0.15) is 0 Å². The number of ether oxygens (including phenoxy) is 5. The Labute approximate surface area is 390 Å². The van der Waals surface area contributed by atoms with Crippen LogP contribution in [0.4, 0.5) is 0 Å². The monoisotopic (exact) mass is 962 g/mol. The molecule has 0 bridgehead atoms. The standard InChI is InChI=1S/C48H34O22/c49-19-1-18(2-20(50)3-19)42-30(54)6-24(7-31(42)55)67-47-38(62)14-26(15-39(47)63)69-45-34(58)10-22(11-35(45)59)66-23-12-36(60)46(37(61)13-23)70-27-16-40(64)48(41(65)17-27)68-25-8-32(56)44(33(57)9-25)43-28(52)4-21(51)5-29(43)53/h1-17,49-65H. The molecule has 0 atom stereocenters. The minimum Gasteiger partial charge on any atom is -0.508 e. The van der Waals surface area contributed by atoms with E-state index in [9.17, 15) is 86.8 Å². The van der Waals surface area contributed by atoms with Crippen LogP contribution in [-0.2, 0) is 0 Å². The summed E-state index contributed by atoms with van der Waals surface area (Å²) in [6.07, 6.45) is 0. The molecule has 70 heavy (non-hydrogen) atoms. The van der Waals surface area contributed by atoms with Crippen molar-refractivity contribution in [2.45, 2.75) is 0 Å². The van der Waals surface area contributed by atoms with Crippen LogP contribution in [0.5, 0.6) is 155 Å². The van der Waals surface area contributed by atoms with Crippen molar-refractivity contribution in [1.82, 2.24) is 0 Å². The first-order chi connectivity index (χ1) is 33.1. The summed E-state index contributed by atoms with van der Waals surface area (Å²) in [5.41, 5.74) is -1.00. The number of aromatic hydroxyl groups is 17. The first kappa shape index (κ1) is 45.9. The second-order valence-electron chi connectivity index (χ2n) is 14.9. The van der Waals surface area contributed by atoms with Crippen molar-refractivity contribution < 1.29 is 110 Å². The lowest BCUT2D eigenvalue weighted by Gasteiger charge is -2.16. The molecule has 358 valence electrons. The molecule has 17 N–H and O–H groups in total. The summed E-state index contributed by atoms with van der Waals surface area (Å²) in [5.74, 6) is -15.5. The molecule has 0 aliphatic carbocycles. The molecular formula is C48H34O22. The first-order valence-corrected chi connectivity index (χ1v) is 19.7. The molecule has 0 saturated carbocycles. The Hall–Kier alpha value is -10.6. The highest BCUT2D eigenvalue weighted by atomic mass is 16.5. The summed E-state index contributed by atoms with van der Waals surface area (Å²) in [5, 5.41) is 178. The molecule has 8 rings (SSSR count). The third-order valence-electron chi connectivity index (χ3n) is 9.87. The average molecular weight is 963 g/mol. The molecule has 0 aliphatic rings. The Morgan fingerprint density at radius 2 is 0.386 bits per heavy atom. The zero-order valence-corrected chi connectivity index (χ0v) is 35.0. The van der Waals surface area contributed by atoms with Crippen LogP contribution < -0.4 is 23.7 Å². The van der Waals surface area contributed by atoms with Crippen molar-refractivity contribution in [3.8, 4) is 177 Å². The van der Waals surface area contributed by atoms with Gasteiger partial charge in [0.15, 0.2) is 46.0 Å². The second kappa shape index (κ2) is 17.6. The molecule has 0 spiro atoms. The molecule has 0 saturated heterocycles. The van der Waals surface area contributed by atoms with Gasteiger partial charge in [0.25, 0.3) is 0 Å². The van der Waals surface area contributed by atoms with E-state index in [0.717, 1.165) is 91.0 Å².